The van der Waals surface area contributed by atoms with Crippen LogP contribution in [0.4, 0.5) is 0 Å². The normalized spacial score (nSPS) is 12.0. The number of para-hydroxylation sites is 2. The standard InChI is InChI=1S/C43H40N4O2/c1-26(2)31-22-32(27(3)4)24-33(23-31)47-36-16-11-14-28(39(36)45-42(47)29-12-7-6-8-13-29)18-19-30-25-35-34-15-9-10-17-37(34)49-41(35)38(40(30)48)43-44-20-21-46(43)5/h6-17,20-27,48H,18-19H2,1-5H3. The van der Waals surface area contributed by atoms with Crippen molar-refractivity contribution in [3.63, 3.8) is 0 Å². The Morgan fingerprint density at radius 1 is 0.735 bits per heavy atom. The molecule has 3 aromatic heterocycles. The van der Waals surface area contributed by atoms with Gasteiger partial charge in [-0.05, 0) is 77.3 Å². The zero-order valence-corrected chi connectivity index (χ0v) is 28.6. The van der Waals surface area contributed by atoms with Crippen LogP contribution in [-0.2, 0) is 19.9 Å². The van der Waals surface area contributed by atoms with Crippen molar-refractivity contribution in [2.75, 3.05) is 0 Å². The predicted octanol–water partition coefficient (Wildman–Crippen LogP) is 10.7. The van der Waals surface area contributed by atoms with E-state index in [0.717, 1.165) is 55.6 Å². The van der Waals surface area contributed by atoms with E-state index in [1.54, 1.807) is 6.20 Å². The summed E-state index contributed by atoms with van der Waals surface area (Å²) in [6.07, 6.45) is 4.95. The molecule has 0 saturated carbocycles. The molecule has 0 aliphatic heterocycles. The second-order valence-corrected chi connectivity index (χ2v) is 13.7. The molecule has 3 heterocycles. The van der Waals surface area contributed by atoms with Crippen LogP contribution in [0.5, 0.6) is 5.75 Å². The summed E-state index contributed by atoms with van der Waals surface area (Å²) in [6.45, 7) is 9.02. The van der Waals surface area contributed by atoms with Gasteiger partial charge in [-0.1, -0.05) is 94.4 Å². The number of nitrogens with zero attached hydrogens (tertiary/aromatic N) is 4. The third kappa shape index (κ3) is 5.28. The highest BCUT2D eigenvalue weighted by Crippen LogP contribution is 2.43. The van der Waals surface area contributed by atoms with E-state index in [-0.39, 0.29) is 5.75 Å². The summed E-state index contributed by atoms with van der Waals surface area (Å²) in [5.74, 6) is 2.59. The molecule has 0 fully saturated rings. The number of fused-ring (bicyclic) bond motifs is 4. The van der Waals surface area contributed by atoms with Crippen LogP contribution in [0.2, 0.25) is 0 Å². The van der Waals surface area contributed by atoms with E-state index in [4.69, 9.17) is 9.40 Å². The Hall–Kier alpha value is -5.62. The first-order valence-electron chi connectivity index (χ1n) is 17.1. The Morgan fingerprint density at radius 2 is 1.45 bits per heavy atom. The number of hydrogen-bond donors (Lipinski definition) is 1. The third-order valence-electron chi connectivity index (χ3n) is 9.78. The van der Waals surface area contributed by atoms with Crippen LogP contribution in [0.1, 0.15) is 61.8 Å². The number of phenolic OH excluding ortho intramolecular Hbond substituents is 1. The first-order chi connectivity index (χ1) is 23.8. The summed E-state index contributed by atoms with van der Waals surface area (Å²) < 4.78 is 10.6. The number of hydrogen-bond acceptors (Lipinski definition) is 4. The van der Waals surface area contributed by atoms with Gasteiger partial charge in [-0.2, -0.15) is 0 Å². The lowest BCUT2D eigenvalue weighted by Gasteiger charge is -2.17. The van der Waals surface area contributed by atoms with Gasteiger partial charge in [0.1, 0.15) is 34.1 Å². The molecule has 0 amide bonds. The van der Waals surface area contributed by atoms with E-state index in [1.807, 2.05) is 42.1 Å². The van der Waals surface area contributed by atoms with Gasteiger partial charge < -0.3 is 14.1 Å². The van der Waals surface area contributed by atoms with Crippen LogP contribution < -0.4 is 0 Å². The molecule has 8 rings (SSSR count). The van der Waals surface area contributed by atoms with E-state index >= 15 is 0 Å². The van der Waals surface area contributed by atoms with Crippen LogP contribution in [0.25, 0.3) is 61.4 Å². The SMILES string of the molecule is CC(C)c1cc(C(C)C)cc(-n2c(-c3ccccc3)nc3c(CCc4cc5c(oc6ccccc65)c(-c5nccn5C)c4O)cccc32)c1. The lowest BCUT2D eigenvalue weighted by molar-refractivity contribution is 0.469. The zero-order valence-electron chi connectivity index (χ0n) is 28.6. The third-order valence-corrected chi connectivity index (χ3v) is 9.78. The van der Waals surface area contributed by atoms with E-state index in [2.05, 4.69) is 110 Å². The number of benzene rings is 5. The average molecular weight is 645 g/mol. The van der Waals surface area contributed by atoms with Crippen LogP contribution in [0.15, 0.2) is 114 Å². The van der Waals surface area contributed by atoms with E-state index in [1.165, 1.54) is 11.1 Å². The molecule has 0 spiro atoms. The number of aromatic hydroxyl groups is 1. The van der Waals surface area contributed by atoms with Crippen LogP contribution in [0, 0.1) is 0 Å². The van der Waals surface area contributed by atoms with Gasteiger partial charge in [-0.25, -0.2) is 9.97 Å². The fourth-order valence-corrected chi connectivity index (χ4v) is 7.03. The molecule has 6 heteroatoms. The van der Waals surface area contributed by atoms with Crippen LogP contribution in [-0.4, -0.2) is 24.2 Å². The number of phenols is 1. The van der Waals surface area contributed by atoms with Crippen LogP contribution >= 0.6 is 0 Å². The summed E-state index contributed by atoms with van der Waals surface area (Å²) >= 11 is 0. The lowest BCUT2D eigenvalue weighted by atomic mass is 9.94. The summed E-state index contributed by atoms with van der Waals surface area (Å²) in [7, 11) is 1.94. The molecule has 6 nitrogen and oxygen atoms in total. The molecular formula is C43H40N4O2. The second kappa shape index (κ2) is 12.1. The first-order valence-corrected chi connectivity index (χ1v) is 17.1. The first kappa shape index (κ1) is 30.7. The van der Waals surface area contributed by atoms with Gasteiger partial charge in [0.2, 0.25) is 0 Å². The van der Waals surface area contributed by atoms with E-state index in [9.17, 15) is 5.11 Å². The Bertz CT molecular complexity index is 2450. The smallest absolute Gasteiger partial charge is 0.150 e. The van der Waals surface area contributed by atoms with E-state index < -0.39 is 0 Å². The van der Waals surface area contributed by atoms with Crippen molar-refractivity contribution >= 4 is 33.0 Å². The Kier molecular flexibility index (Phi) is 7.59. The highest BCUT2D eigenvalue weighted by Gasteiger charge is 2.23. The number of aromatic nitrogens is 4. The van der Waals surface area contributed by atoms with Crippen molar-refractivity contribution in [2.24, 2.45) is 7.05 Å². The molecule has 0 aliphatic rings. The molecule has 0 aliphatic carbocycles. The second-order valence-electron chi connectivity index (χ2n) is 13.7. The predicted molar refractivity (Wildman–Crippen MR) is 200 cm³/mol. The highest BCUT2D eigenvalue weighted by atomic mass is 16.3. The summed E-state index contributed by atoms with van der Waals surface area (Å²) in [6, 6.07) is 34.0. The minimum absolute atomic E-state index is 0.204. The largest absolute Gasteiger partial charge is 0.507 e. The molecule has 8 aromatic rings. The van der Waals surface area contributed by atoms with Gasteiger partial charge in [0.05, 0.1) is 11.0 Å². The number of furan rings is 1. The number of aryl methyl sites for hydroxylation is 3. The topological polar surface area (TPSA) is 69.0 Å². The molecule has 49 heavy (non-hydrogen) atoms. The van der Waals surface area contributed by atoms with Gasteiger partial charge in [0.25, 0.3) is 0 Å². The molecule has 0 radical (unpaired) electrons. The van der Waals surface area contributed by atoms with Crippen molar-refractivity contribution in [1.29, 1.82) is 0 Å². The molecular weight excluding hydrogens is 604 g/mol. The maximum Gasteiger partial charge on any atom is 0.150 e. The molecule has 0 unspecified atom stereocenters. The fraction of sp³-hybridized carbons (Fsp3) is 0.209. The Morgan fingerprint density at radius 3 is 2.16 bits per heavy atom. The van der Waals surface area contributed by atoms with Gasteiger partial charge >= 0.3 is 0 Å². The molecule has 0 atom stereocenters. The molecule has 5 aromatic carbocycles. The highest BCUT2D eigenvalue weighted by molar-refractivity contribution is 6.10. The van der Waals surface area contributed by atoms with Crippen molar-refractivity contribution < 1.29 is 9.52 Å². The minimum Gasteiger partial charge on any atom is -0.507 e. The van der Waals surface area contributed by atoms with Crippen molar-refractivity contribution in [3.05, 3.63) is 132 Å². The van der Waals surface area contributed by atoms with Gasteiger partial charge in [0.15, 0.2) is 0 Å². The molecule has 244 valence electrons. The minimum atomic E-state index is 0.204. The van der Waals surface area contributed by atoms with Gasteiger partial charge in [-0.3, -0.25) is 4.57 Å². The summed E-state index contributed by atoms with van der Waals surface area (Å²) in [5.41, 5.74) is 10.9. The quantitative estimate of drug-likeness (QED) is 0.179. The number of imidazole rings is 2. The van der Waals surface area contributed by atoms with Crippen molar-refractivity contribution in [3.8, 4) is 34.2 Å². The fourth-order valence-electron chi connectivity index (χ4n) is 7.03. The van der Waals surface area contributed by atoms with Crippen LogP contribution in [0.3, 0.4) is 0 Å². The Balaban J connectivity index is 1.28. The Labute approximate surface area is 286 Å². The van der Waals surface area contributed by atoms with Crippen molar-refractivity contribution in [2.45, 2.75) is 52.4 Å². The molecule has 0 bridgehead atoms. The zero-order chi connectivity index (χ0) is 33.8. The maximum absolute atomic E-state index is 11.9. The summed E-state index contributed by atoms with van der Waals surface area (Å²) in [4.78, 5) is 9.97. The monoisotopic (exact) mass is 644 g/mol. The van der Waals surface area contributed by atoms with E-state index in [0.29, 0.717) is 41.6 Å². The molecule has 1 N–H and O–H groups in total. The maximum atomic E-state index is 11.9. The van der Waals surface area contributed by atoms with Gasteiger partial charge in [0, 0.05) is 41.5 Å². The molecule has 0 saturated heterocycles. The lowest BCUT2D eigenvalue weighted by Crippen LogP contribution is -2.02. The number of rotatable bonds is 8. The average Bonchev–Trinajstić information content (AvgIpc) is 3.82. The summed E-state index contributed by atoms with van der Waals surface area (Å²) in [5, 5.41) is 13.8. The van der Waals surface area contributed by atoms with Gasteiger partial charge in [-0.15, -0.1) is 0 Å². The van der Waals surface area contributed by atoms with Crippen molar-refractivity contribution in [1.82, 2.24) is 19.1 Å².